The molecule has 0 spiro atoms. The first-order valence-electron chi connectivity index (χ1n) is 6.73. The Morgan fingerprint density at radius 2 is 2.00 bits per heavy atom. The highest BCUT2D eigenvalue weighted by molar-refractivity contribution is 9.10. The van der Waals surface area contributed by atoms with E-state index in [9.17, 15) is 4.79 Å². The fourth-order valence-corrected chi connectivity index (χ4v) is 2.11. The summed E-state index contributed by atoms with van der Waals surface area (Å²) in [4.78, 5) is 11.9. The van der Waals surface area contributed by atoms with Crippen molar-refractivity contribution < 1.29 is 9.53 Å². The van der Waals surface area contributed by atoms with Gasteiger partial charge in [-0.15, -0.1) is 0 Å². The standard InChI is InChI=1S/C17H15BrN2O2/c1-12-10-14(4-7-16(12)18)20-17(21)11-22-15-5-2-13(3-6-15)8-9-19/h2-7,10H,8,11H2,1H3,(H,20,21). The lowest BCUT2D eigenvalue weighted by molar-refractivity contribution is -0.118. The van der Waals surface area contributed by atoms with Crippen molar-refractivity contribution in [3.05, 3.63) is 58.1 Å². The van der Waals surface area contributed by atoms with E-state index in [1.807, 2.05) is 37.3 Å². The Hall–Kier alpha value is -2.32. The van der Waals surface area contributed by atoms with E-state index >= 15 is 0 Å². The Balaban J connectivity index is 1.87. The van der Waals surface area contributed by atoms with Gasteiger partial charge in [0.1, 0.15) is 5.75 Å². The highest BCUT2D eigenvalue weighted by atomic mass is 79.9. The van der Waals surface area contributed by atoms with Crippen molar-refractivity contribution >= 4 is 27.5 Å². The summed E-state index contributed by atoms with van der Waals surface area (Å²) in [7, 11) is 0. The molecule has 0 radical (unpaired) electrons. The summed E-state index contributed by atoms with van der Waals surface area (Å²) in [6.45, 7) is 1.89. The Bertz CT molecular complexity index is 706. The molecule has 1 N–H and O–H groups in total. The molecular weight excluding hydrogens is 344 g/mol. The molecule has 0 heterocycles. The summed E-state index contributed by atoms with van der Waals surface area (Å²) in [5.41, 5.74) is 2.70. The van der Waals surface area contributed by atoms with Gasteiger partial charge < -0.3 is 10.1 Å². The third-order valence-electron chi connectivity index (χ3n) is 3.02. The van der Waals surface area contributed by atoms with Crippen molar-refractivity contribution in [3.8, 4) is 11.8 Å². The van der Waals surface area contributed by atoms with Crippen molar-refractivity contribution in [2.45, 2.75) is 13.3 Å². The molecule has 5 heteroatoms. The lowest BCUT2D eigenvalue weighted by Crippen LogP contribution is -2.20. The average molecular weight is 359 g/mol. The van der Waals surface area contributed by atoms with Crippen LogP contribution in [0.2, 0.25) is 0 Å². The van der Waals surface area contributed by atoms with Gasteiger partial charge in [-0.25, -0.2) is 0 Å². The SMILES string of the molecule is Cc1cc(NC(=O)COc2ccc(CC#N)cc2)ccc1Br. The maximum Gasteiger partial charge on any atom is 0.262 e. The molecule has 0 fully saturated rings. The number of amides is 1. The Morgan fingerprint density at radius 3 is 2.64 bits per heavy atom. The number of benzene rings is 2. The van der Waals surface area contributed by atoms with Crippen LogP contribution in [0.25, 0.3) is 0 Å². The molecule has 0 unspecified atom stereocenters. The van der Waals surface area contributed by atoms with Gasteiger partial charge >= 0.3 is 0 Å². The molecule has 0 bridgehead atoms. The van der Waals surface area contributed by atoms with Crippen molar-refractivity contribution in [3.63, 3.8) is 0 Å². The summed E-state index contributed by atoms with van der Waals surface area (Å²) < 4.78 is 6.42. The first kappa shape index (κ1) is 16.1. The molecule has 0 aliphatic rings. The van der Waals surface area contributed by atoms with Gasteiger partial charge in [0.2, 0.25) is 0 Å². The second-order valence-corrected chi connectivity index (χ2v) is 5.63. The predicted octanol–water partition coefficient (Wildman–Crippen LogP) is 3.84. The molecule has 0 saturated carbocycles. The van der Waals surface area contributed by atoms with Gasteiger partial charge in [0.25, 0.3) is 5.91 Å². The first-order chi connectivity index (χ1) is 10.6. The molecular formula is C17H15BrN2O2. The number of hydrogen-bond donors (Lipinski definition) is 1. The molecule has 22 heavy (non-hydrogen) atoms. The van der Waals surface area contributed by atoms with Gasteiger partial charge in [-0.1, -0.05) is 28.1 Å². The van der Waals surface area contributed by atoms with Crippen molar-refractivity contribution in [2.24, 2.45) is 0 Å². The summed E-state index contributed by atoms with van der Waals surface area (Å²) in [6.07, 6.45) is 0.365. The predicted molar refractivity (Wildman–Crippen MR) is 88.8 cm³/mol. The van der Waals surface area contributed by atoms with Crippen LogP contribution in [0, 0.1) is 18.3 Å². The van der Waals surface area contributed by atoms with Crippen LogP contribution < -0.4 is 10.1 Å². The Kier molecular flexibility index (Phi) is 5.56. The Labute approximate surface area is 137 Å². The average Bonchev–Trinajstić information content (AvgIpc) is 2.51. The van der Waals surface area contributed by atoms with Crippen LogP contribution in [0.5, 0.6) is 5.75 Å². The number of nitrogens with one attached hydrogen (secondary N) is 1. The van der Waals surface area contributed by atoms with Crippen LogP contribution in [0.1, 0.15) is 11.1 Å². The van der Waals surface area contributed by atoms with E-state index in [2.05, 4.69) is 27.3 Å². The van der Waals surface area contributed by atoms with E-state index < -0.39 is 0 Å². The zero-order valence-electron chi connectivity index (χ0n) is 12.1. The van der Waals surface area contributed by atoms with E-state index in [1.54, 1.807) is 12.1 Å². The highest BCUT2D eigenvalue weighted by Crippen LogP contribution is 2.20. The lowest BCUT2D eigenvalue weighted by Gasteiger charge is -2.09. The molecule has 112 valence electrons. The molecule has 4 nitrogen and oxygen atoms in total. The van der Waals surface area contributed by atoms with Gasteiger partial charge in [0.05, 0.1) is 12.5 Å². The fourth-order valence-electron chi connectivity index (χ4n) is 1.86. The minimum Gasteiger partial charge on any atom is -0.484 e. The number of hydrogen-bond acceptors (Lipinski definition) is 3. The van der Waals surface area contributed by atoms with Crippen LogP contribution in [0.3, 0.4) is 0 Å². The number of carbonyl (C=O) groups is 1. The van der Waals surface area contributed by atoms with Gasteiger partial charge in [-0.2, -0.15) is 5.26 Å². The van der Waals surface area contributed by atoms with E-state index in [1.165, 1.54) is 0 Å². The van der Waals surface area contributed by atoms with Crippen molar-refractivity contribution in [1.29, 1.82) is 5.26 Å². The zero-order chi connectivity index (χ0) is 15.9. The molecule has 0 atom stereocenters. The van der Waals surface area contributed by atoms with Crippen molar-refractivity contribution in [1.82, 2.24) is 0 Å². The maximum absolute atomic E-state index is 11.9. The lowest BCUT2D eigenvalue weighted by atomic mass is 10.2. The quantitative estimate of drug-likeness (QED) is 0.882. The Morgan fingerprint density at radius 1 is 1.27 bits per heavy atom. The van der Waals surface area contributed by atoms with Gasteiger partial charge in [0, 0.05) is 10.2 Å². The number of rotatable bonds is 5. The minimum absolute atomic E-state index is 0.0628. The van der Waals surface area contributed by atoms with Crippen LogP contribution >= 0.6 is 15.9 Å². The van der Waals surface area contributed by atoms with Crippen LogP contribution in [0.4, 0.5) is 5.69 Å². The number of nitriles is 1. The van der Waals surface area contributed by atoms with Gasteiger partial charge in [-0.3, -0.25) is 4.79 Å². The van der Waals surface area contributed by atoms with Crippen LogP contribution in [-0.4, -0.2) is 12.5 Å². The minimum atomic E-state index is -0.220. The number of anilines is 1. The number of nitrogens with zero attached hydrogens (tertiary/aromatic N) is 1. The van der Waals surface area contributed by atoms with Gasteiger partial charge in [-0.05, 0) is 48.4 Å². The summed E-state index contributed by atoms with van der Waals surface area (Å²) in [6, 6.07) is 14.8. The molecule has 2 rings (SSSR count). The second kappa shape index (κ2) is 7.62. The smallest absolute Gasteiger partial charge is 0.262 e. The topological polar surface area (TPSA) is 62.1 Å². The molecule has 0 aliphatic heterocycles. The summed E-state index contributed by atoms with van der Waals surface area (Å²) in [5, 5.41) is 11.4. The molecule has 0 aromatic heterocycles. The summed E-state index contributed by atoms with van der Waals surface area (Å²) >= 11 is 3.42. The molecule has 1 amide bonds. The monoisotopic (exact) mass is 358 g/mol. The number of aryl methyl sites for hydroxylation is 1. The fraction of sp³-hybridized carbons (Fsp3) is 0.176. The van der Waals surface area contributed by atoms with Crippen LogP contribution in [-0.2, 0) is 11.2 Å². The second-order valence-electron chi connectivity index (χ2n) is 4.78. The van der Waals surface area contributed by atoms with Gasteiger partial charge in [0.15, 0.2) is 6.61 Å². The molecule has 2 aromatic rings. The third-order valence-corrected chi connectivity index (χ3v) is 3.91. The third kappa shape index (κ3) is 4.61. The van der Waals surface area contributed by atoms with E-state index in [4.69, 9.17) is 10.00 Å². The largest absolute Gasteiger partial charge is 0.484 e. The molecule has 2 aromatic carbocycles. The van der Waals surface area contributed by atoms with E-state index in [0.717, 1.165) is 21.3 Å². The highest BCUT2D eigenvalue weighted by Gasteiger charge is 2.05. The van der Waals surface area contributed by atoms with Crippen LogP contribution in [0.15, 0.2) is 46.9 Å². The summed E-state index contributed by atoms with van der Waals surface area (Å²) in [5.74, 6) is 0.381. The zero-order valence-corrected chi connectivity index (χ0v) is 13.7. The number of carbonyl (C=O) groups excluding carboxylic acids is 1. The number of ether oxygens (including phenoxy) is 1. The number of halogens is 1. The molecule has 0 saturated heterocycles. The normalized spacial score (nSPS) is 9.86. The first-order valence-corrected chi connectivity index (χ1v) is 7.52. The van der Waals surface area contributed by atoms with E-state index in [-0.39, 0.29) is 12.5 Å². The molecule has 0 aliphatic carbocycles. The van der Waals surface area contributed by atoms with E-state index in [0.29, 0.717) is 12.2 Å². The maximum atomic E-state index is 11.9. The van der Waals surface area contributed by atoms with Crippen molar-refractivity contribution in [2.75, 3.05) is 11.9 Å².